The molecule has 1 aromatic rings. The molecule has 0 bridgehead atoms. The second kappa shape index (κ2) is 6.89. The maximum Gasteiger partial charge on any atom is 0.422 e. The number of hydrogen-bond acceptors (Lipinski definition) is 4. The Morgan fingerprint density at radius 1 is 1.38 bits per heavy atom. The van der Waals surface area contributed by atoms with Gasteiger partial charge in [-0.25, -0.2) is 0 Å². The number of hydrogen-bond donors (Lipinski definition) is 2. The van der Waals surface area contributed by atoms with Crippen LogP contribution in [0.5, 0.6) is 5.75 Å². The van der Waals surface area contributed by atoms with Crippen LogP contribution in [-0.2, 0) is 6.54 Å². The SMILES string of the molecule is OC1(CNCc2cccc(OCC(F)(F)F)c2)CCSC1. The first kappa shape index (κ1) is 16.5. The van der Waals surface area contributed by atoms with Crippen LogP contribution in [0.2, 0.25) is 0 Å². The standard InChI is InChI=1S/C14H18F3NO2S/c15-14(16,17)9-20-12-3-1-2-11(6-12)7-18-8-13(19)4-5-21-10-13/h1-3,6,18-19H,4-5,7-10H2. The first-order valence-corrected chi connectivity index (χ1v) is 7.81. The molecule has 2 N–H and O–H groups in total. The van der Waals surface area contributed by atoms with Gasteiger partial charge in [0.1, 0.15) is 5.75 Å². The van der Waals surface area contributed by atoms with Crippen LogP contribution in [0.1, 0.15) is 12.0 Å². The highest BCUT2D eigenvalue weighted by Gasteiger charge is 2.31. The molecular formula is C14H18F3NO2S. The molecule has 1 aromatic carbocycles. The molecule has 0 aliphatic carbocycles. The molecule has 3 nitrogen and oxygen atoms in total. The zero-order valence-corrected chi connectivity index (χ0v) is 12.3. The van der Waals surface area contributed by atoms with Gasteiger partial charge in [0.2, 0.25) is 0 Å². The topological polar surface area (TPSA) is 41.5 Å². The molecule has 0 aromatic heterocycles. The second-order valence-electron chi connectivity index (χ2n) is 5.18. The largest absolute Gasteiger partial charge is 0.484 e. The zero-order valence-electron chi connectivity index (χ0n) is 11.4. The Hall–Kier alpha value is -0.920. The third kappa shape index (κ3) is 5.76. The summed E-state index contributed by atoms with van der Waals surface area (Å²) < 4.78 is 41.0. The molecule has 0 amide bonds. The van der Waals surface area contributed by atoms with E-state index in [9.17, 15) is 18.3 Å². The van der Waals surface area contributed by atoms with Crippen LogP contribution in [-0.4, -0.2) is 41.5 Å². The molecule has 1 aliphatic rings. The molecule has 1 heterocycles. The Bertz CT molecular complexity index is 462. The first-order valence-electron chi connectivity index (χ1n) is 6.66. The molecule has 1 unspecified atom stereocenters. The molecule has 0 spiro atoms. The van der Waals surface area contributed by atoms with E-state index < -0.39 is 18.4 Å². The molecule has 0 radical (unpaired) electrons. The van der Waals surface area contributed by atoms with Gasteiger partial charge in [-0.3, -0.25) is 0 Å². The van der Waals surface area contributed by atoms with Crippen LogP contribution in [0.25, 0.3) is 0 Å². The first-order chi connectivity index (χ1) is 9.86. The number of rotatable bonds is 6. The monoisotopic (exact) mass is 321 g/mol. The fourth-order valence-electron chi connectivity index (χ4n) is 2.09. The van der Waals surface area contributed by atoms with Crippen LogP contribution >= 0.6 is 11.8 Å². The lowest BCUT2D eigenvalue weighted by Gasteiger charge is -2.21. The molecule has 21 heavy (non-hydrogen) atoms. The van der Waals surface area contributed by atoms with Gasteiger partial charge in [-0.05, 0) is 29.9 Å². The van der Waals surface area contributed by atoms with E-state index >= 15 is 0 Å². The summed E-state index contributed by atoms with van der Waals surface area (Å²) in [7, 11) is 0. The van der Waals surface area contributed by atoms with Crippen molar-refractivity contribution in [1.82, 2.24) is 5.32 Å². The van der Waals surface area contributed by atoms with Gasteiger partial charge in [-0.1, -0.05) is 12.1 Å². The van der Waals surface area contributed by atoms with Crippen LogP contribution in [0, 0.1) is 0 Å². The molecule has 2 rings (SSSR count). The van der Waals surface area contributed by atoms with E-state index in [-0.39, 0.29) is 5.75 Å². The summed E-state index contributed by atoms with van der Waals surface area (Å²) in [5.41, 5.74) is 0.152. The van der Waals surface area contributed by atoms with Gasteiger partial charge in [0, 0.05) is 18.8 Å². The van der Waals surface area contributed by atoms with E-state index in [0.29, 0.717) is 18.8 Å². The average molecular weight is 321 g/mol. The van der Waals surface area contributed by atoms with Gasteiger partial charge in [-0.2, -0.15) is 24.9 Å². The van der Waals surface area contributed by atoms with Crippen molar-refractivity contribution in [3.63, 3.8) is 0 Å². The van der Waals surface area contributed by atoms with Crippen molar-refractivity contribution in [1.29, 1.82) is 0 Å². The van der Waals surface area contributed by atoms with E-state index in [0.717, 1.165) is 17.7 Å². The van der Waals surface area contributed by atoms with Crippen LogP contribution < -0.4 is 10.1 Å². The van der Waals surface area contributed by atoms with Gasteiger partial charge in [0.15, 0.2) is 6.61 Å². The van der Waals surface area contributed by atoms with E-state index in [1.165, 1.54) is 6.07 Å². The Kier molecular flexibility index (Phi) is 5.40. The number of alkyl halides is 3. The van der Waals surface area contributed by atoms with Gasteiger partial charge in [-0.15, -0.1) is 0 Å². The van der Waals surface area contributed by atoms with Gasteiger partial charge >= 0.3 is 6.18 Å². The molecule has 1 atom stereocenters. The van der Waals surface area contributed by atoms with Crippen molar-refractivity contribution in [2.75, 3.05) is 24.7 Å². The smallest absolute Gasteiger partial charge is 0.422 e. The van der Waals surface area contributed by atoms with Gasteiger partial charge < -0.3 is 15.2 Å². The summed E-state index contributed by atoms with van der Waals surface area (Å²) in [6.45, 7) is -0.329. The van der Waals surface area contributed by atoms with E-state index in [1.54, 1.807) is 30.0 Å². The van der Waals surface area contributed by atoms with Crippen LogP contribution in [0.4, 0.5) is 13.2 Å². The van der Waals surface area contributed by atoms with E-state index in [2.05, 4.69) is 5.32 Å². The minimum absolute atomic E-state index is 0.196. The van der Waals surface area contributed by atoms with Crippen molar-refractivity contribution >= 4 is 11.8 Å². The predicted molar refractivity (Wildman–Crippen MR) is 76.6 cm³/mol. The van der Waals surface area contributed by atoms with Crippen molar-refractivity contribution in [2.45, 2.75) is 24.7 Å². The highest BCUT2D eigenvalue weighted by Crippen LogP contribution is 2.27. The van der Waals surface area contributed by atoms with Crippen molar-refractivity contribution in [2.24, 2.45) is 0 Å². The summed E-state index contributed by atoms with van der Waals surface area (Å²) in [6.07, 6.45) is -3.57. The average Bonchev–Trinajstić information content (AvgIpc) is 2.83. The number of ether oxygens (including phenoxy) is 1. The molecule has 118 valence electrons. The normalized spacial score (nSPS) is 22.5. The predicted octanol–water partition coefficient (Wildman–Crippen LogP) is 2.59. The highest BCUT2D eigenvalue weighted by molar-refractivity contribution is 7.99. The quantitative estimate of drug-likeness (QED) is 0.845. The number of benzene rings is 1. The Labute approximate surface area is 125 Å². The van der Waals surface area contributed by atoms with E-state index in [1.807, 2.05) is 0 Å². The highest BCUT2D eigenvalue weighted by atomic mass is 32.2. The number of aliphatic hydroxyl groups is 1. The molecule has 1 fully saturated rings. The van der Waals surface area contributed by atoms with Crippen LogP contribution in [0.3, 0.4) is 0 Å². The van der Waals surface area contributed by atoms with Crippen molar-refractivity contribution in [3.8, 4) is 5.75 Å². The number of halogens is 3. The van der Waals surface area contributed by atoms with E-state index in [4.69, 9.17) is 4.74 Å². The van der Waals surface area contributed by atoms with Gasteiger partial charge in [0.25, 0.3) is 0 Å². The summed E-state index contributed by atoms with van der Waals surface area (Å²) in [5, 5.41) is 13.3. The number of thioether (sulfide) groups is 1. The lowest BCUT2D eigenvalue weighted by atomic mass is 10.0. The molecule has 1 aliphatic heterocycles. The maximum atomic E-state index is 12.1. The van der Waals surface area contributed by atoms with Gasteiger partial charge in [0.05, 0.1) is 5.60 Å². The summed E-state index contributed by atoms with van der Waals surface area (Å²) in [6, 6.07) is 6.53. The summed E-state index contributed by atoms with van der Waals surface area (Å²) in [4.78, 5) is 0. The molecule has 7 heteroatoms. The third-order valence-electron chi connectivity index (χ3n) is 3.17. The summed E-state index contributed by atoms with van der Waals surface area (Å²) >= 11 is 1.72. The van der Waals surface area contributed by atoms with Crippen molar-refractivity contribution < 1.29 is 23.0 Å². The molecule has 1 saturated heterocycles. The summed E-state index contributed by atoms with van der Waals surface area (Å²) in [5.74, 6) is 1.87. The lowest BCUT2D eigenvalue weighted by Crippen LogP contribution is -2.40. The lowest BCUT2D eigenvalue weighted by molar-refractivity contribution is -0.153. The van der Waals surface area contributed by atoms with Crippen LogP contribution in [0.15, 0.2) is 24.3 Å². The Balaban J connectivity index is 1.80. The number of nitrogens with one attached hydrogen (secondary N) is 1. The maximum absolute atomic E-state index is 12.1. The fourth-order valence-corrected chi connectivity index (χ4v) is 3.38. The molecule has 0 saturated carbocycles. The molecular weight excluding hydrogens is 303 g/mol. The zero-order chi connectivity index (χ0) is 15.3. The van der Waals surface area contributed by atoms with Crippen molar-refractivity contribution in [3.05, 3.63) is 29.8 Å². The Morgan fingerprint density at radius 3 is 2.86 bits per heavy atom. The fraction of sp³-hybridized carbons (Fsp3) is 0.571. The minimum atomic E-state index is -4.34. The second-order valence-corrected chi connectivity index (χ2v) is 6.29. The Morgan fingerprint density at radius 2 is 2.19 bits per heavy atom. The third-order valence-corrected chi connectivity index (χ3v) is 4.40. The minimum Gasteiger partial charge on any atom is -0.484 e.